The first-order chi connectivity index (χ1) is 19.6. The van der Waals surface area contributed by atoms with Crippen molar-refractivity contribution >= 4 is 29.7 Å². The molecular weight excluding hydrogens is 528 g/mol. The molecule has 3 amide bonds. The van der Waals surface area contributed by atoms with Gasteiger partial charge in [-0.05, 0) is 82.2 Å². The van der Waals surface area contributed by atoms with E-state index in [1.165, 1.54) is 11.3 Å². The lowest BCUT2D eigenvalue weighted by atomic mass is 9.64. The number of likely N-dealkylation sites (N-methyl/N-ethyl adjacent to an activating group) is 1. The molecule has 5 N–H and O–H groups in total. The Morgan fingerprint density at radius 2 is 1.61 bits per heavy atom. The summed E-state index contributed by atoms with van der Waals surface area (Å²) >= 11 is 0. The van der Waals surface area contributed by atoms with Crippen molar-refractivity contribution in [3.8, 4) is 0 Å². The fraction of sp³-hybridized carbons (Fsp3) is 0.833. The number of carbonyl (C=O) groups is 5. The molecule has 5 unspecified atom stereocenters. The van der Waals surface area contributed by atoms with Crippen LogP contribution in [0, 0.1) is 23.7 Å². The SMILES string of the molecule is CCN(CC(=O)N(C(=O)C(N)CC(=O)O)C(CC1CCCC2CCCCC21)C(=O)O)C(=O)CCCC1CCNCC1. The van der Waals surface area contributed by atoms with Crippen LogP contribution < -0.4 is 11.1 Å². The largest absolute Gasteiger partial charge is 0.481 e. The number of nitrogens with two attached hydrogens (primary N) is 1. The molecule has 3 aliphatic rings. The maximum atomic E-state index is 13.7. The van der Waals surface area contributed by atoms with Gasteiger partial charge >= 0.3 is 11.9 Å². The van der Waals surface area contributed by atoms with E-state index in [1.54, 1.807) is 6.92 Å². The second-order valence-electron chi connectivity index (χ2n) is 12.3. The van der Waals surface area contributed by atoms with Crippen LogP contribution in [0.1, 0.15) is 96.8 Å². The molecule has 0 aromatic heterocycles. The number of hydrogen-bond acceptors (Lipinski definition) is 7. The second kappa shape index (κ2) is 16.2. The number of carboxylic acid groups (broad SMARTS) is 2. The molecule has 2 saturated carbocycles. The van der Waals surface area contributed by atoms with Gasteiger partial charge < -0.3 is 26.2 Å². The van der Waals surface area contributed by atoms with Crippen molar-refractivity contribution in [3.05, 3.63) is 0 Å². The van der Waals surface area contributed by atoms with Crippen molar-refractivity contribution in [1.82, 2.24) is 15.1 Å². The van der Waals surface area contributed by atoms with Crippen LogP contribution in [0.4, 0.5) is 0 Å². The Balaban J connectivity index is 1.74. The van der Waals surface area contributed by atoms with Crippen LogP contribution in [0.15, 0.2) is 0 Å². The molecule has 0 spiro atoms. The van der Waals surface area contributed by atoms with Crippen molar-refractivity contribution in [2.45, 2.75) is 109 Å². The molecule has 1 saturated heterocycles. The minimum absolute atomic E-state index is 0.0489. The van der Waals surface area contributed by atoms with Gasteiger partial charge in [0.1, 0.15) is 12.6 Å². The zero-order valence-electron chi connectivity index (χ0n) is 24.6. The topological polar surface area (TPSA) is 170 Å². The minimum Gasteiger partial charge on any atom is -0.481 e. The first kappa shape index (κ1) is 33.0. The summed E-state index contributed by atoms with van der Waals surface area (Å²) in [6.45, 7) is 3.48. The van der Waals surface area contributed by atoms with Gasteiger partial charge in [0.25, 0.3) is 0 Å². The van der Waals surface area contributed by atoms with E-state index in [2.05, 4.69) is 5.32 Å². The molecule has 2 aliphatic carbocycles. The zero-order valence-corrected chi connectivity index (χ0v) is 24.6. The molecule has 232 valence electrons. The standard InChI is InChI=1S/C30H50N4O7/c1-2-33(26(35)12-5-7-20-13-15-32-16-14-20)19-27(36)34(29(39)24(31)18-28(37)38)25(30(40)41)17-22-10-6-9-21-8-3-4-11-23(21)22/h20-25,32H,2-19,31H2,1H3,(H,37,38)(H,40,41). The van der Waals surface area contributed by atoms with Gasteiger partial charge in [0.2, 0.25) is 17.7 Å². The van der Waals surface area contributed by atoms with Crippen LogP contribution in [0.25, 0.3) is 0 Å². The highest BCUT2D eigenvalue weighted by molar-refractivity contribution is 6.03. The normalized spacial score (nSPS) is 24.5. The number of aliphatic carboxylic acids is 2. The number of nitrogens with one attached hydrogen (secondary N) is 1. The number of imide groups is 1. The third-order valence-electron chi connectivity index (χ3n) is 9.59. The molecule has 11 nitrogen and oxygen atoms in total. The van der Waals surface area contributed by atoms with Gasteiger partial charge in [0.05, 0.1) is 12.5 Å². The van der Waals surface area contributed by atoms with Gasteiger partial charge in [-0.1, -0.05) is 38.5 Å². The van der Waals surface area contributed by atoms with Crippen LogP contribution in [0.3, 0.4) is 0 Å². The lowest BCUT2D eigenvalue weighted by Gasteiger charge is -2.43. The van der Waals surface area contributed by atoms with Gasteiger partial charge in [-0.2, -0.15) is 0 Å². The number of carboxylic acids is 2. The van der Waals surface area contributed by atoms with Crippen molar-refractivity contribution in [1.29, 1.82) is 0 Å². The highest BCUT2D eigenvalue weighted by Gasteiger charge is 2.43. The molecule has 1 aliphatic heterocycles. The average Bonchev–Trinajstić information content (AvgIpc) is 2.95. The predicted octanol–water partition coefficient (Wildman–Crippen LogP) is 2.61. The highest BCUT2D eigenvalue weighted by Crippen LogP contribution is 2.45. The fourth-order valence-corrected chi connectivity index (χ4v) is 7.36. The Morgan fingerprint density at radius 1 is 0.927 bits per heavy atom. The molecule has 0 radical (unpaired) electrons. The minimum atomic E-state index is -1.57. The number of nitrogens with zero attached hydrogens (tertiary/aromatic N) is 2. The van der Waals surface area contributed by atoms with E-state index in [-0.39, 0.29) is 31.2 Å². The van der Waals surface area contributed by atoms with Crippen molar-refractivity contribution < 1.29 is 34.2 Å². The molecule has 3 rings (SSSR count). The van der Waals surface area contributed by atoms with Gasteiger partial charge in [0, 0.05) is 13.0 Å². The summed E-state index contributed by atoms with van der Waals surface area (Å²) in [6, 6.07) is -3.03. The van der Waals surface area contributed by atoms with Crippen LogP contribution in [0.5, 0.6) is 0 Å². The Bertz CT molecular complexity index is 921. The number of hydrogen-bond donors (Lipinski definition) is 4. The zero-order chi connectivity index (χ0) is 29.9. The first-order valence-electron chi connectivity index (χ1n) is 15.7. The highest BCUT2D eigenvalue weighted by atomic mass is 16.4. The van der Waals surface area contributed by atoms with Gasteiger partial charge in [-0.15, -0.1) is 0 Å². The van der Waals surface area contributed by atoms with Crippen molar-refractivity contribution in [2.75, 3.05) is 26.2 Å². The molecule has 11 heteroatoms. The summed E-state index contributed by atoms with van der Waals surface area (Å²) in [7, 11) is 0. The summed E-state index contributed by atoms with van der Waals surface area (Å²) < 4.78 is 0. The number of rotatable bonds is 14. The number of piperidine rings is 1. The van der Waals surface area contributed by atoms with Crippen LogP contribution in [-0.2, 0) is 24.0 Å². The molecular formula is C30H50N4O7. The number of amides is 3. The molecule has 3 fully saturated rings. The van der Waals surface area contributed by atoms with E-state index in [0.717, 1.165) is 70.9 Å². The van der Waals surface area contributed by atoms with E-state index in [1.807, 2.05) is 0 Å². The monoisotopic (exact) mass is 578 g/mol. The molecule has 0 bridgehead atoms. The summed E-state index contributed by atoms with van der Waals surface area (Å²) in [5.41, 5.74) is 5.89. The summed E-state index contributed by atoms with van der Waals surface area (Å²) in [4.78, 5) is 66.1. The molecule has 5 atom stereocenters. The van der Waals surface area contributed by atoms with Gasteiger partial charge in [-0.25, -0.2) is 4.79 Å². The molecule has 0 aromatic rings. The van der Waals surface area contributed by atoms with E-state index in [9.17, 15) is 34.2 Å². The maximum Gasteiger partial charge on any atom is 0.326 e. The Kier molecular flexibility index (Phi) is 13.0. The van der Waals surface area contributed by atoms with Crippen LogP contribution >= 0.6 is 0 Å². The third kappa shape index (κ3) is 9.49. The summed E-state index contributed by atoms with van der Waals surface area (Å²) in [5.74, 6) is -3.19. The Hall–Kier alpha value is -2.53. The fourth-order valence-electron chi connectivity index (χ4n) is 7.36. The second-order valence-corrected chi connectivity index (χ2v) is 12.3. The van der Waals surface area contributed by atoms with Gasteiger partial charge in [-0.3, -0.25) is 24.1 Å². The molecule has 41 heavy (non-hydrogen) atoms. The van der Waals surface area contributed by atoms with E-state index < -0.39 is 48.8 Å². The lowest BCUT2D eigenvalue weighted by Crippen LogP contribution is -2.58. The van der Waals surface area contributed by atoms with E-state index in [4.69, 9.17) is 5.73 Å². The first-order valence-corrected chi connectivity index (χ1v) is 15.7. The molecule has 0 aromatic carbocycles. The summed E-state index contributed by atoms with van der Waals surface area (Å²) in [6.07, 6.45) is 10.8. The lowest BCUT2D eigenvalue weighted by molar-refractivity contribution is -0.161. The van der Waals surface area contributed by atoms with E-state index >= 15 is 0 Å². The number of carbonyl (C=O) groups excluding carboxylic acids is 3. The van der Waals surface area contributed by atoms with Crippen LogP contribution in [0.2, 0.25) is 0 Å². The van der Waals surface area contributed by atoms with Crippen molar-refractivity contribution in [2.24, 2.45) is 29.4 Å². The predicted molar refractivity (Wildman–Crippen MR) is 153 cm³/mol. The maximum absolute atomic E-state index is 13.7. The summed E-state index contributed by atoms with van der Waals surface area (Å²) in [5, 5.41) is 22.8. The average molecular weight is 579 g/mol. The van der Waals surface area contributed by atoms with E-state index in [0.29, 0.717) is 29.1 Å². The van der Waals surface area contributed by atoms with Crippen LogP contribution in [-0.4, -0.2) is 87.9 Å². The van der Waals surface area contributed by atoms with Gasteiger partial charge in [0.15, 0.2) is 0 Å². The molecule has 1 heterocycles. The Morgan fingerprint density at radius 3 is 2.27 bits per heavy atom. The Labute approximate surface area is 243 Å². The third-order valence-corrected chi connectivity index (χ3v) is 9.59. The quantitative estimate of drug-likeness (QED) is 0.242. The van der Waals surface area contributed by atoms with Crippen molar-refractivity contribution in [3.63, 3.8) is 0 Å². The number of fused-ring (bicyclic) bond motifs is 1. The smallest absolute Gasteiger partial charge is 0.326 e.